The highest BCUT2D eigenvalue weighted by Gasteiger charge is 2.45. The second-order valence-corrected chi connectivity index (χ2v) is 11.6. The number of unbranched alkanes of at least 4 members (excludes halogenated alkanes) is 3. The van der Waals surface area contributed by atoms with Crippen molar-refractivity contribution in [2.75, 3.05) is 33.0 Å². The molecule has 2 saturated heterocycles. The van der Waals surface area contributed by atoms with E-state index in [1.54, 1.807) is 0 Å². The summed E-state index contributed by atoms with van der Waals surface area (Å²) in [6.45, 7) is 0.898. The molecule has 0 radical (unpaired) electrons. The maximum absolute atomic E-state index is 12.3. The summed E-state index contributed by atoms with van der Waals surface area (Å²) in [5, 5.41) is 83.1. The van der Waals surface area contributed by atoms with Gasteiger partial charge in [-0.15, -0.1) is 0 Å². The zero-order valence-electron chi connectivity index (χ0n) is 26.2. The Balaban J connectivity index is 1.52. The lowest BCUT2D eigenvalue weighted by atomic mass is 9.99. The van der Waals surface area contributed by atoms with Crippen LogP contribution in [0, 0.1) is 0 Å². The summed E-state index contributed by atoms with van der Waals surface area (Å²) in [4.78, 5) is 36.5. The Morgan fingerprint density at radius 1 is 0.652 bits per heavy atom. The Bertz CT molecular complexity index is 910. The molecule has 0 aromatic carbocycles. The molecule has 0 aromatic rings. The summed E-state index contributed by atoms with van der Waals surface area (Å²) < 4.78 is 21.3. The number of nitrogens with one attached hydrogen (secondary N) is 2. The summed E-state index contributed by atoms with van der Waals surface area (Å²) in [5.41, 5.74) is 0. The van der Waals surface area contributed by atoms with Crippen LogP contribution in [0.2, 0.25) is 0 Å². The second kappa shape index (κ2) is 21.2. The van der Waals surface area contributed by atoms with Crippen molar-refractivity contribution in [1.29, 1.82) is 0 Å². The van der Waals surface area contributed by atoms with Crippen LogP contribution in [0.15, 0.2) is 0 Å². The number of aliphatic hydroxyl groups excluding tert-OH is 8. The van der Waals surface area contributed by atoms with E-state index in [4.69, 9.17) is 18.9 Å². The quantitative estimate of drug-likeness (QED) is 0.0528. The molecule has 2 fully saturated rings. The Morgan fingerprint density at radius 2 is 1.13 bits per heavy atom. The number of amides is 2. The maximum atomic E-state index is 12.3. The summed E-state index contributed by atoms with van der Waals surface area (Å²) in [6.07, 6.45) is -9.77. The Labute approximate surface area is 267 Å². The first-order valence-corrected chi connectivity index (χ1v) is 15.8. The van der Waals surface area contributed by atoms with E-state index in [1.807, 2.05) is 0 Å². The minimum Gasteiger partial charge on any atom is -0.394 e. The largest absolute Gasteiger partial charge is 0.394 e. The van der Waals surface area contributed by atoms with Gasteiger partial charge in [-0.1, -0.05) is 0 Å². The van der Waals surface area contributed by atoms with Crippen LogP contribution in [-0.2, 0) is 33.3 Å². The Hall–Kier alpha value is -1.87. The fraction of sp³-hybridized carbons (Fsp3) is 0.897. The highest BCUT2D eigenvalue weighted by atomic mass is 16.7. The van der Waals surface area contributed by atoms with Crippen molar-refractivity contribution in [2.24, 2.45) is 0 Å². The molecule has 0 spiro atoms. The molecule has 0 bridgehead atoms. The van der Waals surface area contributed by atoms with Crippen molar-refractivity contribution in [3.05, 3.63) is 0 Å². The first kappa shape index (κ1) is 40.3. The SMILES string of the molecule is CC(=O)[C@H](CCCCNC(=O)CCCCOC1OC(CO)C(O)C(O)C1O)NC(=O)CCCCOC1OC(CO)C(O)C(O)C1O. The zero-order chi connectivity index (χ0) is 34.2. The van der Waals surface area contributed by atoms with E-state index >= 15 is 0 Å². The molecule has 17 nitrogen and oxygen atoms in total. The number of rotatable bonds is 21. The minimum absolute atomic E-state index is 0.0910. The number of Topliss-reactive ketones (excluding diaryl/α,β-unsaturated/α-hetero) is 1. The highest BCUT2D eigenvalue weighted by molar-refractivity contribution is 5.87. The number of carbonyl (C=O) groups excluding carboxylic acids is 3. The fourth-order valence-electron chi connectivity index (χ4n) is 5.02. The third-order valence-corrected chi connectivity index (χ3v) is 7.93. The Morgan fingerprint density at radius 3 is 1.59 bits per heavy atom. The lowest BCUT2D eigenvalue weighted by Gasteiger charge is -2.39. The van der Waals surface area contributed by atoms with Gasteiger partial charge in [0, 0.05) is 32.6 Å². The first-order chi connectivity index (χ1) is 21.9. The molecule has 0 aromatic heterocycles. The third kappa shape index (κ3) is 13.0. The number of aliphatic hydroxyl groups is 8. The van der Waals surface area contributed by atoms with Crippen LogP contribution in [-0.4, -0.2) is 159 Å². The molecule has 2 amide bonds. The van der Waals surface area contributed by atoms with Gasteiger partial charge in [0.15, 0.2) is 18.4 Å². The van der Waals surface area contributed by atoms with Gasteiger partial charge in [-0.25, -0.2) is 0 Å². The predicted octanol–water partition coefficient (Wildman–Crippen LogP) is -3.68. The molecule has 17 heteroatoms. The van der Waals surface area contributed by atoms with Crippen LogP contribution in [0.25, 0.3) is 0 Å². The van der Waals surface area contributed by atoms with Crippen LogP contribution in [0.3, 0.4) is 0 Å². The monoisotopic (exact) mass is 668 g/mol. The lowest BCUT2D eigenvalue weighted by molar-refractivity contribution is -0.301. The third-order valence-electron chi connectivity index (χ3n) is 7.93. The van der Waals surface area contributed by atoms with E-state index in [-0.39, 0.29) is 43.7 Å². The van der Waals surface area contributed by atoms with Crippen LogP contribution < -0.4 is 10.6 Å². The average molecular weight is 669 g/mol. The molecule has 2 aliphatic rings. The van der Waals surface area contributed by atoms with Gasteiger partial charge in [0.1, 0.15) is 48.8 Å². The van der Waals surface area contributed by atoms with Gasteiger partial charge < -0.3 is 70.4 Å². The van der Waals surface area contributed by atoms with E-state index in [2.05, 4.69) is 10.6 Å². The van der Waals surface area contributed by atoms with Crippen molar-refractivity contribution in [2.45, 2.75) is 132 Å². The molecular weight excluding hydrogens is 616 g/mol. The van der Waals surface area contributed by atoms with Crippen molar-refractivity contribution in [3.8, 4) is 0 Å². The molecule has 11 atom stereocenters. The molecule has 0 saturated carbocycles. The van der Waals surface area contributed by atoms with Gasteiger partial charge in [-0.2, -0.15) is 0 Å². The maximum Gasteiger partial charge on any atom is 0.220 e. The smallest absolute Gasteiger partial charge is 0.220 e. The van der Waals surface area contributed by atoms with E-state index < -0.39 is 80.7 Å². The number of ether oxygens (including phenoxy) is 4. The summed E-state index contributed by atoms with van der Waals surface area (Å²) >= 11 is 0. The van der Waals surface area contributed by atoms with Gasteiger partial charge in [-0.3, -0.25) is 14.4 Å². The standard InChI is InChI=1S/C29H52N2O15/c1-16(34)17(31-21(36)10-4-7-13-44-29-27(42)25(40)23(38)19(15-33)46-29)8-2-5-11-30-20(35)9-3-6-12-43-28-26(41)24(39)22(37)18(14-32)45-28/h17-19,22-29,32-33,37-42H,2-15H2,1H3,(H,30,35)(H,31,36)/t17-,18?,19?,22?,23?,24?,25?,26?,27?,28?,29?/m0/s1. The second-order valence-electron chi connectivity index (χ2n) is 11.6. The first-order valence-electron chi connectivity index (χ1n) is 15.8. The van der Waals surface area contributed by atoms with Gasteiger partial charge >= 0.3 is 0 Å². The van der Waals surface area contributed by atoms with Crippen molar-refractivity contribution < 1.29 is 74.2 Å². The topological polar surface area (TPSA) is 274 Å². The van der Waals surface area contributed by atoms with Crippen LogP contribution in [0.1, 0.15) is 64.7 Å². The summed E-state index contributed by atoms with van der Waals surface area (Å²) in [6, 6.07) is -0.655. The van der Waals surface area contributed by atoms with Crippen LogP contribution >= 0.6 is 0 Å². The molecule has 2 aliphatic heterocycles. The number of hydrogen-bond donors (Lipinski definition) is 10. The molecule has 0 aliphatic carbocycles. The number of carbonyl (C=O) groups is 3. The lowest BCUT2D eigenvalue weighted by Crippen LogP contribution is -2.59. The molecule has 46 heavy (non-hydrogen) atoms. The fourth-order valence-corrected chi connectivity index (χ4v) is 5.02. The van der Waals surface area contributed by atoms with E-state index in [1.165, 1.54) is 6.92 Å². The van der Waals surface area contributed by atoms with Crippen LogP contribution in [0.4, 0.5) is 0 Å². The predicted molar refractivity (Wildman–Crippen MR) is 157 cm³/mol. The van der Waals surface area contributed by atoms with Crippen molar-refractivity contribution in [3.63, 3.8) is 0 Å². The van der Waals surface area contributed by atoms with Gasteiger partial charge in [0.05, 0.1) is 19.3 Å². The minimum atomic E-state index is -1.53. The molecule has 10 N–H and O–H groups in total. The van der Waals surface area contributed by atoms with E-state index in [9.17, 15) is 55.2 Å². The van der Waals surface area contributed by atoms with Gasteiger partial charge in [-0.05, 0) is 51.9 Å². The van der Waals surface area contributed by atoms with Crippen molar-refractivity contribution >= 4 is 17.6 Å². The number of ketones is 1. The normalized spacial score (nSPS) is 32.1. The van der Waals surface area contributed by atoms with Crippen molar-refractivity contribution in [1.82, 2.24) is 10.6 Å². The molecule has 268 valence electrons. The molecule has 10 unspecified atom stereocenters. The molecule has 2 heterocycles. The van der Waals surface area contributed by atoms with E-state index in [0.717, 1.165) is 0 Å². The summed E-state index contributed by atoms with van der Waals surface area (Å²) in [5.74, 6) is -0.661. The highest BCUT2D eigenvalue weighted by Crippen LogP contribution is 2.23. The number of hydrogen-bond acceptors (Lipinski definition) is 15. The van der Waals surface area contributed by atoms with Gasteiger partial charge in [0.25, 0.3) is 0 Å². The molecule has 2 rings (SSSR count). The van der Waals surface area contributed by atoms with E-state index in [0.29, 0.717) is 51.5 Å². The molecular formula is C29H52N2O15. The van der Waals surface area contributed by atoms with Crippen LogP contribution in [0.5, 0.6) is 0 Å². The zero-order valence-corrected chi connectivity index (χ0v) is 26.2. The Kier molecular flexibility index (Phi) is 18.6. The average Bonchev–Trinajstić information content (AvgIpc) is 3.03. The summed E-state index contributed by atoms with van der Waals surface area (Å²) in [7, 11) is 0. The van der Waals surface area contributed by atoms with Gasteiger partial charge in [0.2, 0.25) is 11.8 Å².